The third kappa shape index (κ3) is 10.2. The summed E-state index contributed by atoms with van der Waals surface area (Å²) >= 11 is 8.31. The number of allylic oxidation sites excluding steroid dienone is 2. The molecule has 354 valence electrons. The van der Waals surface area contributed by atoms with Crippen molar-refractivity contribution >= 4 is 64.0 Å². The molecule has 0 bridgehead atoms. The third-order valence-electron chi connectivity index (χ3n) is 13.8. The minimum Gasteiger partial charge on any atom is -0.495 e. The number of methoxy groups -OCH3 is 1. The lowest BCUT2D eigenvalue weighted by Crippen LogP contribution is -2.46. The van der Waals surface area contributed by atoms with E-state index in [2.05, 4.69) is 5.32 Å². The number of Topliss-reactive ketones (excluding diaryl/α,β-unsaturated/α-hetero) is 1. The van der Waals surface area contributed by atoms with E-state index in [1.807, 2.05) is 38.3 Å². The van der Waals surface area contributed by atoms with Gasteiger partial charge < -0.3 is 29.3 Å². The molecule has 2 aromatic heterocycles. The lowest BCUT2D eigenvalue weighted by molar-refractivity contribution is -0.155. The maximum absolute atomic E-state index is 15.2. The number of carbonyl (C=O) groups excluding carboxylic acids is 3. The predicted octanol–water partition coefficient (Wildman–Crippen LogP) is 10.9. The summed E-state index contributed by atoms with van der Waals surface area (Å²) < 4.78 is 62.9. The zero-order valence-electron chi connectivity index (χ0n) is 37.8. The molecule has 4 aliphatic rings. The average Bonchev–Trinajstić information content (AvgIpc) is 3.69. The van der Waals surface area contributed by atoms with Crippen LogP contribution in [0.25, 0.3) is 22.3 Å². The number of nitrogens with one attached hydrogen (secondary N) is 1. The minimum atomic E-state index is -4.50. The Kier molecular flexibility index (Phi) is 14.6. The van der Waals surface area contributed by atoms with Gasteiger partial charge in [0.1, 0.15) is 46.1 Å². The smallest absolute Gasteiger partial charge is 0.306 e. The molecule has 1 unspecified atom stereocenters. The van der Waals surface area contributed by atoms with Gasteiger partial charge >= 0.3 is 5.97 Å². The number of amides is 1. The SMILES string of the molecule is COc1ccc2c(O[C@@H]3C[C@H]4C(=O)C[C@]5(P(=O)(O)Cc6c(F)cccc6F)C[C@H]5/C=C\CCCC[C@@H](C)[C@H](CC(=O)OC5CCCC5)C(=O)N4C3)cc(-c3csc(NC(C)C)n3)nc2c1Cl. The fraction of sp³-hybridized carbons (Fsp3) is 0.531. The average molecular weight is 968 g/mol. The monoisotopic (exact) mass is 966 g/mol. The highest BCUT2D eigenvalue weighted by molar-refractivity contribution is 7.59. The molecular formula is C49H58ClF2N4O8PS. The Morgan fingerprint density at radius 1 is 1.05 bits per heavy atom. The van der Waals surface area contributed by atoms with Crippen LogP contribution in [0.3, 0.4) is 0 Å². The Morgan fingerprint density at radius 3 is 2.52 bits per heavy atom. The lowest BCUT2D eigenvalue weighted by Gasteiger charge is -2.32. The number of nitrogens with zero attached hydrogens (tertiary/aromatic N) is 3. The number of carbonyl (C=O) groups is 3. The first-order valence-corrected chi connectivity index (χ1v) is 26.2. The van der Waals surface area contributed by atoms with E-state index in [4.69, 9.17) is 35.8 Å². The maximum atomic E-state index is 15.2. The van der Waals surface area contributed by atoms with Crippen molar-refractivity contribution in [3.63, 3.8) is 0 Å². The quantitative estimate of drug-likeness (QED) is 0.0791. The van der Waals surface area contributed by atoms with Crippen LogP contribution >= 0.6 is 30.3 Å². The number of esters is 1. The summed E-state index contributed by atoms with van der Waals surface area (Å²) in [5, 5.41) is 5.18. The molecule has 1 saturated heterocycles. The molecule has 3 fully saturated rings. The van der Waals surface area contributed by atoms with Gasteiger partial charge in [0.05, 0.1) is 54.6 Å². The summed E-state index contributed by atoms with van der Waals surface area (Å²) in [4.78, 5) is 66.9. The Morgan fingerprint density at radius 2 is 1.79 bits per heavy atom. The fourth-order valence-electron chi connectivity index (χ4n) is 10.0. The van der Waals surface area contributed by atoms with Crippen molar-refractivity contribution in [1.82, 2.24) is 14.9 Å². The van der Waals surface area contributed by atoms with Crippen molar-refractivity contribution in [3.8, 4) is 22.9 Å². The van der Waals surface area contributed by atoms with Crippen molar-refractivity contribution in [3.05, 3.63) is 76.2 Å². The zero-order valence-corrected chi connectivity index (χ0v) is 40.2. The second-order valence-corrected chi connectivity index (χ2v) is 22.7. The Hall–Kier alpha value is -4.43. The molecule has 2 aliphatic heterocycles. The van der Waals surface area contributed by atoms with Gasteiger partial charge in [-0.2, -0.15) is 0 Å². The number of hydrogen-bond donors (Lipinski definition) is 2. The molecule has 7 atom stereocenters. The van der Waals surface area contributed by atoms with Gasteiger partial charge in [-0.3, -0.25) is 18.9 Å². The molecule has 4 heterocycles. The highest BCUT2D eigenvalue weighted by atomic mass is 35.5. The van der Waals surface area contributed by atoms with E-state index in [1.165, 1.54) is 29.4 Å². The van der Waals surface area contributed by atoms with Crippen molar-refractivity contribution in [2.75, 3.05) is 19.0 Å². The molecular weight excluding hydrogens is 909 g/mol. The first-order valence-electron chi connectivity index (χ1n) is 23.1. The number of aromatic nitrogens is 2. The van der Waals surface area contributed by atoms with Crippen LogP contribution in [-0.2, 0) is 29.8 Å². The van der Waals surface area contributed by atoms with Gasteiger partial charge in [-0.05, 0) is 101 Å². The predicted molar refractivity (Wildman–Crippen MR) is 251 cm³/mol. The topological polar surface area (TPSA) is 157 Å². The van der Waals surface area contributed by atoms with Crippen LogP contribution in [0.2, 0.25) is 5.02 Å². The number of pyridine rings is 1. The van der Waals surface area contributed by atoms with Gasteiger partial charge in [0, 0.05) is 41.3 Å². The Bertz CT molecular complexity index is 2530. The molecule has 2 aliphatic carbocycles. The summed E-state index contributed by atoms with van der Waals surface area (Å²) in [5.41, 5.74) is 0.927. The number of benzene rings is 2. The molecule has 2 N–H and O–H groups in total. The zero-order chi connectivity index (χ0) is 46.9. The van der Waals surface area contributed by atoms with E-state index < -0.39 is 83.9 Å². The number of ether oxygens (including phenoxy) is 3. The highest BCUT2D eigenvalue weighted by Gasteiger charge is 2.65. The largest absolute Gasteiger partial charge is 0.495 e. The molecule has 12 nitrogen and oxygen atoms in total. The van der Waals surface area contributed by atoms with E-state index in [9.17, 15) is 14.3 Å². The van der Waals surface area contributed by atoms with E-state index in [1.54, 1.807) is 18.2 Å². The Labute approximate surface area is 393 Å². The first kappa shape index (κ1) is 48.0. The molecule has 17 heteroatoms. The van der Waals surface area contributed by atoms with Crippen LogP contribution in [0.1, 0.15) is 103 Å². The summed E-state index contributed by atoms with van der Waals surface area (Å²) in [7, 11) is -2.99. The van der Waals surface area contributed by atoms with Crippen molar-refractivity contribution in [2.45, 2.75) is 133 Å². The van der Waals surface area contributed by atoms with Gasteiger partial charge in [0.15, 0.2) is 10.9 Å². The number of thiazole rings is 1. The van der Waals surface area contributed by atoms with E-state index in [-0.39, 0.29) is 48.9 Å². The van der Waals surface area contributed by atoms with Gasteiger partial charge in [0.25, 0.3) is 0 Å². The Balaban J connectivity index is 1.16. The molecule has 8 rings (SSSR count). The van der Waals surface area contributed by atoms with Gasteiger partial charge in [-0.1, -0.05) is 43.2 Å². The molecule has 2 saturated carbocycles. The van der Waals surface area contributed by atoms with Crippen LogP contribution in [0.4, 0.5) is 13.9 Å². The number of halogens is 3. The van der Waals surface area contributed by atoms with Crippen LogP contribution in [0.15, 0.2) is 53.9 Å². The van der Waals surface area contributed by atoms with Gasteiger partial charge in [-0.25, -0.2) is 18.7 Å². The third-order valence-corrected chi connectivity index (χ3v) is 17.8. The molecule has 66 heavy (non-hydrogen) atoms. The number of anilines is 1. The van der Waals surface area contributed by atoms with E-state index in [0.29, 0.717) is 51.8 Å². The molecule has 2 aromatic carbocycles. The van der Waals surface area contributed by atoms with Crippen molar-refractivity contribution < 1.29 is 46.8 Å². The van der Waals surface area contributed by atoms with Gasteiger partial charge in [-0.15, -0.1) is 11.3 Å². The summed E-state index contributed by atoms with van der Waals surface area (Å²) in [6, 6.07) is 7.55. The van der Waals surface area contributed by atoms with Crippen LogP contribution in [0.5, 0.6) is 11.5 Å². The highest BCUT2D eigenvalue weighted by Crippen LogP contribution is 2.74. The normalized spacial score (nSPS) is 26.6. The number of ketones is 1. The minimum absolute atomic E-state index is 0.0225. The van der Waals surface area contributed by atoms with Crippen LogP contribution in [-0.4, -0.2) is 80.5 Å². The fourth-order valence-corrected chi connectivity index (χ4v) is 13.7. The molecule has 1 amide bonds. The lowest BCUT2D eigenvalue weighted by atomic mass is 9.85. The summed E-state index contributed by atoms with van der Waals surface area (Å²) in [6.07, 6.45) is 7.97. The number of hydrogen-bond acceptors (Lipinski definition) is 11. The van der Waals surface area contributed by atoms with Gasteiger partial charge in [0.2, 0.25) is 13.3 Å². The summed E-state index contributed by atoms with van der Waals surface area (Å²) in [6.45, 7) is 5.95. The second-order valence-electron chi connectivity index (χ2n) is 18.8. The van der Waals surface area contributed by atoms with Crippen molar-refractivity contribution in [2.24, 2.45) is 17.8 Å². The second kappa shape index (κ2) is 20.0. The number of fused-ring (bicyclic) bond motifs is 3. The standard InChI is InChI=1S/C49H58ClF2N4O8PS/c1-28(2)53-48-55-39(27-66-48)38-22-43(33-18-19-42(62-4)45(50)46(33)54-38)63-32-20-40-41(57)24-49(65(60,61)26-35-36(51)16-11-17-37(35)52)23-30(49)13-8-6-5-7-12-29(3)34(47(59)56(40)25-32)21-44(58)64-31-14-9-10-15-31/h8,11,13,16-19,22,27-32,34,40H,5-7,9-10,12,14-15,20-21,23-26H2,1-4H3,(H,53,55)(H,60,61)/b13-8-/t29-,30-,32-,34+,40+,49-/m1/s1. The van der Waals surface area contributed by atoms with Crippen LogP contribution < -0.4 is 14.8 Å². The van der Waals surface area contributed by atoms with E-state index >= 15 is 18.4 Å². The molecule has 0 spiro atoms. The number of rotatable bonds is 12. The van der Waals surface area contributed by atoms with Crippen LogP contribution in [0, 0.1) is 29.4 Å². The van der Waals surface area contributed by atoms with Crippen molar-refractivity contribution in [1.29, 1.82) is 0 Å². The first-order chi connectivity index (χ1) is 31.6. The summed E-state index contributed by atoms with van der Waals surface area (Å²) in [5.74, 6) is -4.00. The van der Waals surface area contributed by atoms with E-state index in [0.717, 1.165) is 50.7 Å². The maximum Gasteiger partial charge on any atom is 0.306 e. The molecule has 4 aromatic rings. The molecule has 0 radical (unpaired) electrons.